The van der Waals surface area contributed by atoms with E-state index >= 15 is 0 Å². The zero-order valence-electron chi connectivity index (χ0n) is 14.4. The minimum atomic E-state index is 0.0730. The van der Waals surface area contributed by atoms with Crippen LogP contribution in [-0.2, 0) is 11.2 Å². The lowest BCUT2D eigenvalue weighted by atomic mass is 9.86. The van der Waals surface area contributed by atoms with Gasteiger partial charge in [0.2, 0.25) is 17.7 Å². The fourth-order valence-corrected chi connectivity index (χ4v) is 3.20. The summed E-state index contributed by atoms with van der Waals surface area (Å²) in [7, 11) is 0. The second kappa shape index (κ2) is 7.60. The predicted molar refractivity (Wildman–Crippen MR) is 92.4 cm³/mol. The van der Waals surface area contributed by atoms with Gasteiger partial charge in [-0.15, -0.1) is 10.2 Å². The number of nitrogens with one attached hydrogen (secondary N) is 1. The fourth-order valence-electron chi connectivity index (χ4n) is 3.20. The maximum absolute atomic E-state index is 12.1. The number of amides is 1. The number of carbonyl (C=O) groups excluding carboxylic acids is 1. The summed E-state index contributed by atoms with van der Waals surface area (Å²) in [5, 5.41) is 11.3. The van der Waals surface area contributed by atoms with Gasteiger partial charge in [-0.1, -0.05) is 37.5 Å². The lowest BCUT2D eigenvalue weighted by Gasteiger charge is -2.29. The highest BCUT2D eigenvalue weighted by molar-refractivity contribution is 5.76. The molecule has 1 aliphatic carbocycles. The molecule has 0 aliphatic heterocycles. The van der Waals surface area contributed by atoms with Crippen LogP contribution in [0.3, 0.4) is 0 Å². The second-order valence-electron chi connectivity index (χ2n) is 6.80. The van der Waals surface area contributed by atoms with Gasteiger partial charge in [0.15, 0.2) is 0 Å². The molecule has 5 heteroatoms. The molecule has 1 amide bonds. The number of hydrogen-bond acceptors (Lipinski definition) is 4. The zero-order valence-corrected chi connectivity index (χ0v) is 14.4. The molecular formula is C19H25N3O2. The first kappa shape index (κ1) is 16.7. The largest absolute Gasteiger partial charge is 0.421 e. The van der Waals surface area contributed by atoms with E-state index in [1.54, 1.807) is 0 Å². The summed E-state index contributed by atoms with van der Waals surface area (Å²) >= 11 is 0. The van der Waals surface area contributed by atoms with E-state index in [0.29, 0.717) is 36.6 Å². The molecule has 24 heavy (non-hydrogen) atoms. The van der Waals surface area contributed by atoms with Crippen molar-refractivity contribution in [3.05, 3.63) is 35.7 Å². The molecule has 2 aromatic rings. The molecule has 0 bridgehead atoms. The summed E-state index contributed by atoms with van der Waals surface area (Å²) in [5.74, 6) is 1.66. The van der Waals surface area contributed by atoms with E-state index in [4.69, 9.17) is 4.42 Å². The lowest BCUT2D eigenvalue weighted by Crippen LogP contribution is -2.41. The van der Waals surface area contributed by atoms with Crippen LogP contribution in [0, 0.1) is 12.8 Å². The molecule has 0 spiro atoms. The van der Waals surface area contributed by atoms with Gasteiger partial charge in [-0.05, 0) is 37.8 Å². The molecule has 1 heterocycles. The van der Waals surface area contributed by atoms with Crippen LogP contribution in [0.15, 0.2) is 28.7 Å². The number of rotatable bonds is 5. The van der Waals surface area contributed by atoms with Gasteiger partial charge in [0, 0.05) is 24.4 Å². The van der Waals surface area contributed by atoms with Crippen LogP contribution >= 0.6 is 0 Å². The molecule has 3 rings (SSSR count). The number of hydrogen-bond donors (Lipinski definition) is 1. The number of aromatic nitrogens is 2. The third-order valence-electron chi connectivity index (χ3n) is 4.79. The minimum absolute atomic E-state index is 0.0730. The Morgan fingerprint density at radius 2 is 1.96 bits per heavy atom. The standard InChI is InChI=1S/C19H25N3O2/c1-13-7-9-15(10-8-13)19-22-21-18(24-19)12-11-17(23)20-16-6-4-3-5-14(16)2/h7-10,14,16H,3-6,11-12H2,1-2H3,(H,20,23)/t14-,16-/m0/s1. The third kappa shape index (κ3) is 4.22. The molecule has 5 nitrogen and oxygen atoms in total. The third-order valence-corrected chi connectivity index (χ3v) is 4.79. The molecule has 128 valence electrons. The zero-order chi connectivity index (χ0) is 16.9. The van der Waals surface area contributed by atoms with Gasteiger partial charge in [-0.25, -0.2) is 0 Å². The first-order chi connectivity index (χ1) is 11.6. The maximum Gasteiger partial charge on any atom is 0.247 e. The minimum Gasteiger partial charge on any atom is -0.421 e. The summed E-state index contributed by atoms with van der Waals surface area (Å²) in [4.78, 5) is 12.1. The van der Waals surface area contributed by atoms with Crippen molar-refractivity contribution in [1.82, 2.24) is 15.5 Å². The van der Waals surface area contributed by atoms with E-state index in [9.17, 15) is 4.79 Å². The molecule has 1 aromatic carbocycles. The lowest BCUT2D eigenvalue weighted by molar-refractivity contribution is -0.122. The van der Waals surface area contributed by atoms with Crippen LogP contribution in [-0.4, -0.2) is 22.1 Å². The van der Waals surface area contributed by atoms with E-state index in [-0.39, 0.29) is 5.91 Å². The Labute approximate surface area is 142 Å². The monoisotopic (exact) mass is 327 g/mol. The Balaban J connectivity index is 1.51. The Morgan fingerprint density at radius 1 is 1.21 bits per heavy atom. The normalized spacial score (nSPS) is 20.8. The van der Waals surface area contributed by atoms with Crippen LogP contribution in [0.2, 0.25) is 0 Å². The van der Waals surface area contributed by atoms with Crippen molar-refractivity contribution in [2.45, 2.75) is 58.4 Å². The van der Waals surface area contributed by atoms with Crippen LogP contribution in [0.4, 0.5) is 0 Å². The molecule has 1 aromatic heterocycles. The van der Waals surface area contributed by atoms with Crippen LogP contribution in [0.5, 0.6) is 0 Å². The van der Waals surface area contributed by atoms with E-state index < -0.39 is 0 Å². The van der Waals surface area contributed by atoms with E-state index in [0.717, 1.165) is 12.0 Å². The second-order valence-corrected chi connectivity index (χ2v) is 6.80. The molecule has 0 radical (unpaired) electrons. The SMILES string of the molecule is Cc1ccc(-c2nnc(CCC(=O)N[C@H]3CCCC[C@@H]3C)o2)cc1. The molecule has 2 atom stereocenters. The number of carbonyl (C=O) groups is 1. The average Bonchev–Trinajstić information content (AvgIpc) is 3.05. The highest BCUT2D eigenvalue weighted by atomic mass is 16.4. The van der Waals surface area contributed by atoms with Gasteiger partial charge >= 0.3 is 0 Å². The first-order valence-electron chi connectivity index (χ1n) is 8.80. The molecule has 1 fully saturated rings. The first-order valence-corrected chi connectivity index (χ1v) is 8.80. The van der Waals surface area contributed by atoms with Gasteiger partial charge < -0.3 is 9.73 Å². The number of aryl methyl sites for hydroxylation is 2. The maximum atomic E-state index is 12.1. The molecule has 1 aliphatic rings. The summed E-state index contributed by atoms with van der Waals surface area (Å²) in [5.41, 5.74) is 2.09. The molecule has 0 unspecified atom stereocenters. The molecule has 1 N–H and O–H groups in total. The summed E-state index contributed by atoms with van der Waals surface area (Å²) in [6, 6.07) is 8.26. The smallest absolute Gasteiger partial charge is 0.247 e. The number of nitrogens with zero attached hydrogens (tertiary/aromatic N) is 2. The molecular weight excluding hydrogens is 302 g/mol. The van der Waals surface area contributed by atoms with Crippen molar-refractivity contribution in [1.29, 1.82) is 0 Å². The number of benzene rings is 1. The Bertz CT molecular complexity index is 678. The van der Waals surface area contributed by atoms with Gasteiger partial charge in [0.25, 0.3) is 0 Å². The Morgan fingerprint density at radius 3 is 2.71 bits per heavy atom. The van der Waals surface area contributed by atoms with Crippen LogP contribution in [0.1, 0.15) is 50.5 Å². The highest BCUT2D eigenvalue weighted by Crippen LogP contribution is 2.24. The van der Waals surface area contributed by atoms with Crippen molar-refractivity contribution < 1.29 is 9.21 Å². The quantitative estimate of drug-likeness (QED) is 0.910. The topological polar surface area (TPSA) is 68.0 Å². The van der Waals surface area contributed by atoms with Gasteiger partial charge in [0.05, 0.1) is 0 Å². The Kier molecular flexibility index (Phi) is 5.28. The van der Waals surface area contributed by atoms with Gasteiger partial charge in [-0.3, -0.25) is 4.79 Å². The van der Waals surface area contributed by atoms with E-state index in [2.05, 4.69) is 22.4 Å². The molecule has 1 saturated carbocycles. The van der Waals surface area contributed by atoms with Crippen molar-refractivity contribution in [3.63, 3.8) is 0 Å². The Hall–Kier alpha value is -2.17. The fraction of sp³-hybridized carbons (Fsp3) is 0.526. The average molecular weight is 327 g/mol. The van der Waals surface area contributed by atoms with Crippen molar-refractivity contribution in [2.24, 2.45) is 5.92 Å². The van der Waals surface area contributed by atoms with E-state index in [1.165, 1.54) is 24.8 Å². The van der Waals surface area contributed by atoms with Crippen LogP contribution in [0.25, 0.3) is 11.5 Å². The predicted octanol–water partition coefficient (Wildman–Crippen LogP) is 3.67. The van der Waals surface area contributed by atoms with Gasteiger partial charge in [-0.2, -0.15) is 0 Å². The van der Waals surface area contributed by atoms with Crippen LogP contribution < -0.4 is 5.32 Å². The van der Waals surface area contributed by atoms with Gasteiger partial charge in [0.1, 0.15) is 0 Å². The highest BCUT2D eigenvalue weighted by Gasteiger charge is 2.22. The van der Waals surface area contributed by atoms with Crippen molar-refractivity contribution in [3.8, 4) is 11.5 Å². The molecule has 0 saturated heterocycles. The summed E-state index contributed by atoms with van der Waals surface area (Å²) in [6.07, 6.45) is 5.64. The summed E-state index contributed by atoms with van der Waals surface area (Å²) in [6.45, 7) is 4.25. The van der Waals surface area contributed by atoms with Crippen molar-refractivity contribution >= 4 is 5.91 Å². The van der Waals surface area contributed by atoms with E-state index in [1.807, 2.05) is 31.2 Å². The van der Waals surface area contributed by atoms with Crippen molar-refractivity contribution in [2.75, 3.05) is 0 Å². The summed E-state index contributed by atoms with van der Waals surface area (Å²) < 4.78 is 5.67.